The average molecular weight is 401 g/mol. The zero-order valence-electron chi connectivity index (χ0n) is 16.9. The van der Waals surface area contributed by atoms with Gasteiger partial charge in [-0.2, -0.15) is 0 Å². The summed E-state index contributed by atoms with van der Waals surface area (Å²) < 4.78 is 6.00. The van der Waals surface area contributed by atoms with Crippen LogP contribution in [0.4, 0.5) is 0 Å². The van der Waals surface area contributed by atoms with Gasteiger partial charge in [-0.1, -0.05) is 50.2 Å². The molecule has 2 N–H and O–H groups in total. The van der Waals surface area contributed by atoms with Crippen LogP contribution < -0.4 is 4.74 Å². The van der Waals surface area contributed by atoms with E-state index in [2.05, 4.69) is 34.9 Å². The van der Waals surface area contributed by atoms with E-state index in [0.29, 0.717) is 29.5 Å². The maximum Gasteiger partial charge on any atom is 0.354 e. The summed E-state index contributed by atoms with van der Waals surface area (Å²) >= 11 is 0. The van der Waals surface area contributed by atoms with E-state index in [4.69, 9.17) is 4.74 Å². The fourth-order valence-electron chi connectivity index (χ4n) is 3.36. The second kappa shape index (κ2) is 8.37. The van der Waals surface area contributed by atoms with Crippen molar-refractivity contribution in [3.05, 3.63) is 77.5 Å². The van der Waals surface area contributed by atoms with E-state index < -0.39 is 5.97 Å². The molecule has 0 radical (unpaired) electrons. The van der Waals surface area contributed by atoms with Crippen LogP contribution in [0.2, 0.25) is 0 Å². The number of aromatic nitrogens is 3. The molecule has 6 nitrogen and oxygen atoms in total. The molecule has 0 amide bonds. The zero-order valence-corrected chi connectivity index (χ0v) is 16.9. The number of fused-ring (bicyclic) bond motifs is 1. The number of carbonyl (C=O) groups is 1. The van der Waals surface area contributed by atoms with E-state index in [9.17, 15) is 9.90 Å². The van der Waals surface area contributed by atoms with Crippen molar-refractivity contribution in [1.29, 1.82) is 0 Å². The van der Waals surface area contributed by atoms with E-state index >= 15 is 0 Å². The van der Waals surface area contributed by atoms with Crippen molar-refractivity contribution in [2.75, 3.05) is 0 Å². The van der Waals surface area contributed by atoms with E-state index in [-0.39, 0.29) is 5.69 Å². The Balaban J connectivity index is 1.70. The highest BCUT2D eigenvalue weighted by atomic mass is 16.5. The summed E-state index contributed by atoms with van der Waals surface area (Å²) in [6.45, 7) is 4.82. The van der Waals surface area contributed by atoms with Crippen molar-refractivity contribution in [2.24, 2.45) is 5.92 Å². The molecule has 2 aromatic carbocycles. The molecule has 0 saturated carbocycles. The molecule has 6 heteroatoms. The molecule has 0 atom stereocenters. The van der Waals surface area contributed by atoms with Crippen LogP contribution in [0.5, 0.6) is 5.75 Å². The molecule has 2 aromatic heterocycles. The highest BCUT2D eigenvalue weighted by Gasteiger charge is 2.15. The summed E-state index contributed by atoms with van der Waals surface area (Å²) in [6.07, 6.45) is 0.888. The normalized spacial score (nSPS) is 11.2. The smallest absolute Gasteiger partial charge is 0.354 e. The summed E-state index contributed by atoms with van der Waals surface area (Å²) in [5, 5.41) is 9.18. The molecular weight excluding hydrogens is 378 g/mol. The van der Waals surface area contributed by atoms with Crippen molar-refractivity contribution in [3.63, 3.8) is 0 Å². The Bertz CT molecular complexity index is 1180. The van der Waals surface area contributed by atoms with E-state index in [1.54, 1.807) is 6.07 Å². The number of rotatable bonds is 7. The minimum absolute atomic E-state index is 0.0251. The van der Waals surface area contributed by atoms with Gasteiger partial charge < -0.3 is 14.8 Å². The van der Waals surface area contributed by atoms with Crippen LogP contribution in [0.25, 0.3) is 22.6 Å². The molecular formula is C24H23N3O3. The third kappa shape index (κ3) is 4.33. The summed E-state index contributed by atoms with van der Waals surface area (Å²) in [6, 6.07) is 19.2. The summed E-state index contributed by atoms with van der Waals surface area (Å²) in [5.74, 6) is 0.807. The van der Waals surface area contributed by atoms with Gasteiger partial charge in [0.05, 0.1) is 5.52 Å². The van der Waals surface area contributed by atoms with Crippen molar-refractivity contribution in [2.45, 2.75) is 26.9 Å². The lowest BCUT2D eigenvalue weighted by Gasteiger charge is -2.13. The number of H-pyrrole nitrogens is 1. The van der Waals surface area contributed by atoms with Gasteiger partial charge in [-0.3, -0.25) is 0 Å². The Morgan fingerprint density at radius 2 is 1.87 bits per heavy atom. The van der Waals surface area contributed by atoms with Crippen LogP contribution in [-0.4, -0.2) is 26.0 Å². The van der Waals surface area contributed by atoms with Gasteiger partial charge in [0.15, 0.2) is 11.3 Å². The second-order valence-electron chi connectivity index (χ2n) is 7.65. The minimum atomic E-state index is -1.07. The molecule has 0 bridgehead atoms. The SMILES string of the molecule is CC(C)Cc1ccc(OCc2ccccc2)cc1-c1nc2nc(C(=O)O)ccc2[nH]1. The predicted molar refractivity (Wildman–Crippen MR) is 116 cm³/mol. The molecule has 0 aliphatic heterocycles. The molecule has 0 fully saturated rings. The molecule has 4 aromatic rings. The fraction of sp³-hybridized carbons (Fsp3) is 0.208. The number of nitrogens with one attached hydrogen (secondary N) is 1. The number of carboxylic acids is 1. The fourth-order valence-corrected chi connectivity index (χ4v) is 3.36. The molecule has 0 unspecified atom stereocenters. The van der Waals surface area contributed by atoms with Gasteiger partial charge in [0.2, 0.25) is 0 Å². The van der Waals surface area contributed by atoms with Crippen LogP contribution in [0.15, 0.2) is 60.7 Å². The molecule has 0 spiro atoms. The average Bonchev–Trinajstić information content (AvgIpc) is 3.16. The maximum atomic E-state index is 11.2. The Labute approximate surface area is 174 Å². The number of nitrogens with zero attached hydrogens (tertiary/aromatic N) is 2. The van der Waals surface area contributed by atoms with Crippen LogP contribution in [0.1, 0.15) is 35.5 Å². The summed E-state index contributed by atoms with van der Waals surface area (Å²) in [7, 11) is 0. The monoisotopic (exact) mass is 401 g/mol. The number of aromatic amines is 1. The first-order chi connectivity index (χ1) is 14.5. The Morgan fingerprint density at radius 1 is 1.07 bits per heavy atom. The number of aromatic carboxylic acids is 1. The maximum absolute atomic E-state index is 11.2. The number of hydrogen-bond donors (Lipinski definition) is 2. The molecule has 2 heterocycles. The molecule has 152 valence electrons. The Kier molecular flexibility index (Phi) is 5.48. The number of pyridine rings is 1. The summed E-state index contributed by atoms with van der Waals surface area (Å²) in [4.78, 5) is 23.2. The van der Waals surface area contributed by atoms with Crippen molar-refractivity contribution in [3.8, 4) is 17.1 Å². The first-order valence-corrected chi connectivity index (χ1v) is 9.89. The zero-order chi connectivity index (χ0) is 21.1. The van der Waals surface area contributed by atoms with Crippen molar-refractivity contribution in [1.82, 2.24) is 15.0 Å². The van der Waals surface area contributed by atoms with E-state index in [1.807, 2.05) is 42.5 Å². The first kappa shape index (κ1) is 19.6. The number of benzene rings is 2. The standard InChI is InChI=1S/C24H23N3O3/c1-15(2)12-17-8-9-18(30-14-16-6-4-3-5-7-16)13-19(17)22-25-20-10-11-21(24(28)29)26-23(20)27-22/h3-11,13,15H,12,14H2,1-2H3,(H,28,29)(H,25,26,27). The van der Waals surface area contributed by atoms with Gasteiger partial charge >= 0.3 is 5.97 Å². The molecule has 30 heavy (non-hydrogen) atoms. The summed E-state index contributed by atoms with van der Waals surface area (Å²) in [5.41, 5.74) is 4.23. The highest BCUT2D eigenvalue weighted by Crippen LogP contribution is 2.30. The Morgan fingerprint density at radius 3 is 2.60 bits per heavy atom. The topological polar surface area (TPSA) is 88.1 Å². The van der Waals surface area contributed by atoms with Crippen molar-refractivity contribution < 1.29 is 14.6 Å². The van der Waals surface area contributed by atoms with Gasteiger partial charge in [-0.25, -0.2) is 14.8 Å². The Hall–Kier alpha value is -3.67. The predicted octanol–water partition coefficient (Wildman–Crippen LogP) is 5.10. The van der Waals surface area contributed by atoms with Gasteiger partial charge in [-0.05, 0) is 47.7 Å². The number of ether oxygens (including phenoxy) is 1. The third-order valence-corrected chi connectivity index (χ3v) is 4.78. The molecule has 0 aliphatic rings. The van der Waals surface area contributed by atoms with Crippen LogP contribution in [-0.2, 0) is 13.0 Å². The quantitative estimate of drug-likeness (QED) is 0.450. The van der Waals surface area contributed by atoms with Gasteiger partial charge in [-0.15, -0.1) is 0 Å². The lowest BCUT2D eigenvalue weighted by atomic mass is 9.97. The number of imidazole rings is 1. The first-order valence-electron chi connectivity index (χ1n) is 9.89. The van der Waals surface area contributed by atoms with Gasteiger partial charge in [0.1, 0.15) is 18.2 Å². The minimum Gasteiger partial charge on any atom is -0.489 e. The van der Waals surface area contributed by atoms with Crippen LogP contribution in [0.3, 0.4) is 0 Å². The number of hydrogen-bond acceptors (Lipinski definition) is 4. The lowest BCUT2D eigenvalue weighted by Crippen LogP contribution is -2.00. The van der Waals surface area contributed by atoms with E-state index in [1.165, 1.54) is 6.07 Å². The molecule has 0 aliphatic carbocycles. The van der Waals surface area contributed by atoms with Crippen LogP contribution >= 0.6 is 0 Å². The highest BCUT2D eigenvalue weighted by molar-refractivity contribution is 5.88. The molecule has 0 saturated heterocycles. The third-order valence-electron chi connectivity index (χ3n) is 4.78. The van der Waals surface area contributed by atoms with Crippen molar-refractivity contribution >= 4 is 17.1 Å². The van der Waals surface area contributed by atoms with Gasteiger partial charge in [0, 0.05) is 5.56 Å². The number of carboxylic acid groups (broad SMARTS) is 1. The lowest BCUT2D eigenvalue weighted by molar-refractivity contribution is 0.0691. The van der Waals surface area contributed by atoms with Gasteiger partial charge in [0.25, 0.3) is 0 Å². The second-order valence-corrected chi connectivity index (χ2v) is 7.65. The van der Waals surface area contributed by atoms with Crippen LogP contribution in [0, 0.1) is 5.92 Å². The largest absolute Gasteiger partial charge is 0.489 e. The molecule has 4 rings (SSSR count). The van der Waals surface area contributed by atoms with E-state index in [0.717, 1.165) is 28.9 Å².